The Bertz CT molecular complexity index is 948. The van der Waals surface area contributed by atoms with Crippen molar-refractivity contribution in [2.24, 2.45) is 0 Å². The molecular formula is C18H11FN2S. The van der Waals surface area contributed by atoms with Gasteiger partial charge in [0.15, 0.2) is 0 Å². The average molecular weight is 306 g/mol. The van der Waals surface area contributed by atoms with E-state index in [9.17, 15) is 4.39 Å². The van der Waals surface area contributed by atoms with Crippen LogP contribution < -0.4 is 0 Å². The molecule has 0 aliphatic carbocycles. The minimum absolute atomic E-state index is 0.216. The summed E-state index contributed by atoms with van der Waals surface area (Å²) in [6, 6.07) is 15.0. The van der Waals surface area contributed by atoms with E-state index in [0.29, 0.717) is 5.56 Å². The van der Waals surface area contributed by atoms with Crippen molar-refractivity contribution >= 4 is 21.4 Å². The van der Waals surface area contributed by atoms with E-state index in [-0.39, 0.29) is 5.82 Å². The lowest BCUT2D eigenvalue weighted by molar-refractivity contribution is 0.632. The topological polar surface area (TPSA) is 25.8 Å². The lowest BCUT2D eigenvalue weighted by atomic mass is 10.0. The molecule has 22 heavy (non-hydrogen) atoms. The fourth-order valence-electron chi connectivity index (χ4n) is 2.60. The lowest BCUT2D eigenvalue weighted by Gasteiger charge is -2.05. The summed E-state index contributed by atoms with van der Waals surface area (Å²) < 4.78 is 15.4. The average Bonchev–Trinajstić information content (AvgIpc) is 2.95. The zero-order chi connectivity index (χ0) is 14.9. The summed E-state index contributed by atoms with van der Waals surface area (Å²) in [7, 11) is 0. The standard InChI is InChI=1S/C18H11FN2S/c19-15-7-3-1-5-13(15)18-17(12-9-20-11-21-10-12)14-6-2-4-8-16(14)22-18/h1-11H. The van der Waals surface area contributed by atoms with Gasteiger partial charge in [-0.1, -0.05) is 36.4 Å². The van der Waals surface area contributed by atoms with E-state index < -0.39 is 0 Å². The second-order valence-corrected chi connectivity index (χ2v) is 5.96. The quantitative estimate of drug-likeness (QED) is 0.511. The van der Waals surface area contributed by atoms with E-state index in [1.165, 1.54) is 12.4 Å². The van der Waals surface area contributed by atoms with Crippen molar-refractivity contribution in [2.45, 2.75) is 0 Å². The third-order valence-corrected chi connectivity index (χ3v) is 4.77. The van der Waals surface area contributed by atoms with Crippen molar-refractivity contribution in [1.82, 2.24) is 9.97 Å². The van der Waals surface area contributed by atoms with Crippen LogP contribution in [-0.2, 0) is 0 Å². The van der Waals surface area contributed by atoms with Crippen LogP contribution >= 0.6 is 11.3 Å². The molecular weight excluding hydrogens is 295 g/mol. The number of halogens is 1. The maximum Gasteiger partial charge on any atom is 0.131 e. The third-order valence-electron chi connectivity index (χ3n) is 3.56. The first-order valence-electron chi connectivity index (χ1n) is 6.86. The second-order valence-electron chi connectivity index (χ2n) is 4.91. The Balaban J connectivity index is 2.09. The van der Waals surface area contributed by atoms with Gasteiger partial charge in [0.2, 0.25) is 0 Å². The summed E-state index contributed by atoms with van der Waals surface area (Å²) in [6.45, 7) is 0. The number of hydrogen-bond donors (Lipinski definition) is 0. The summed E-state index contributed by atoms with van der Waals surface area (Å²) in [4.78, 5) is 9.12. The van der Waals surface area contributed by atoms with Crippen LogP contribution in [0.15, 0.2) is 67.3 Å². The molecule has 0 aliphatic heterocycles. The van der Waals surface area contributed by atoms with Gasteiger partial charge in [0.1, 0.15) is 12.1 Å². The molecule has 0 radical (unpaired) electrons. The first-order valence-corrected chi connectivity index (χ1v) is 7.68. The summed E-state index contributed by atoms with van der Waals surface area (Å²) >= 11 is 1.59. The molecule has 4 aromatic rings. The Morgan fingerprint density at radius 1 is 0.864 bits per heavy atom. The number of thiophene rings is 1. The molecule has 2 nitrogen and oxygen atoms in total. The van der Waals surface area contributed by atoms with Crippen molar-refractivity contribution in [3.8, 4) is 21.6 Å². The number of rotatable bonds is 2. The molecule has 0 N–H and O–H groups in total. The van der Waals surface area contributed by atoms with Crippen LogP contribution in [-0.4, -0.2) is 9.97 Å². The maximum absolute atomic E-state index is 14.3. The number of aromatic nitrogens is 2. The van der Waals surface area contributed by atoms with E-state index in [1.54, 1.807) is 29.8 Å². The highest BCUT2D eigenvalue weighted by Crippen LogP contribution is 2.44. The number of nitrogens with zero attached hydrogens (tertiary/aromatic N) is 2. The molecule has 0 spiro atoms. The largest absolute Gasteiger partial charge is 0.244 e. The molecule has 106 valence electrons. The van der Waals surface area contributed by atoms with Crippen molar-refractivity contribution < 1.29 is 4.39 Å². The van der Waals surface area contributed by atoms with Crippen LogP contribution in [0.2, 0.25) is 0 Å². The molecule has 2 aromatic heterocycles. The van der Waals surface area contributed by atoms with Gasteiger partial charge in [0.05, 0.1) is 0 Å². The van der Waals surface area contributed by atoms with Gasteiger partial charge >= 0.3 is 0 Å². The Labute approximate surface area is 130 Å². The van der Waals surface area contributed by atoms with Crippen LogP contribution in [0, 0.1) is 5.82 Å². The molecule has 0 unspecified atom stereocenters. The van der Waals surface area contributed by atoms with Crippen LogP contribution in [0.3, 0.4) is 0 Å². The zero-order valence-corrected chi connectivity index (χ0v) is 12.3. The van der Waals surface area contributed by atoms with E-state index in [1.807, 2.05) is 24.3 Å². The van der Waals surface area contributed by atoms with Gasteiger partial charge in [-0.25, -0.2) is 14.4 Å². The van der Waals surface area contributed by atoms with Gasteiger partial charge < -0.3 is 0 Å². The molecule has 4 heteroatoms. The highest BCUT2D eigenvalue weighted by Gasteiger charge is 2.17. The minimum Gasteiger partial charge on any atom is -0.244 e. The van der Waals surface area contributed by atoms with Crippen molar-refractivity contribution in [3.63, 3.8) is 0 Å². The normalized spacial score (nSPS) is 11.0. The molecule has 0 saturated heterocycles. The molecule has 0 atom stereocenters. The molecule has 2 heterocycles. The van der Waals surface area contributed by atoms with E-state index in [2.05, 4.69) is 22.1 Å². The van der Waals surface area contributed by atoms with Gasteiger partial charge in [-0.3, -0.25) is 0 Å². The minimum atomic E-state index is -0.216. The van der Waals surface area contributed by atoms with Crippen molar-refractivity contribution in [2.75, 3.05) is 0 Å². The molecule has 0 fully saturated rings. The van der Waals surface area contributed by atoms with Gasteiger partial charge in [0.25, 0.3) is 0 Å². The third kappa shape index (κ3) is 2.09. The highest BCUT2D eigenvalue weighted by atomic mass is 32.1. The molecule has 0 bridgehead atoms. The molecule has 0 aliphatic rings. The van der Waals surface area contributed by atoms with E-state index in [0.717, 1.165) is 26.1 Å². The predicted molar refractivity (Wildman–Crippen MR) is 88.2 cm³/mol. The SMILES string of the molecule is Fc1ccccc1-c1sc2ccccc2c1-c1cncnc1. The summed E-state index contributed by atoms with van der Waals surface area (Å²) in [6.07, 6.45) is 5.04. The smallest absolute Gasteiger partial charge is 0.131 e. The molecule has 0 saturated carbocycles. The number of benzene rings is 2. The van der Waals surface area contributed by atoms with Gasteiger partial charge in [-0.05, 0) is 12.1 Å². The van der Waals surface area contributed by atoms with Gasteiger partial charge in [-0.2, -0.15) is 0 Å². The maximum atomic E-state index is 14.3. The van der Waals surface area contributed by atoms with Gasteiger partial charge in [-0.15, -0.1) is 11.3 Å². The summed E-state index contributed by atoms with van der Waals surface area (Å²) in [5.74, 6) is -0.216. The number of fused-ring (bicyclic) bond motifs is 1. The van der Waals surface area contributed by atoms with Crippen LogP contribution in [0.1, 0.15) is 0 Å². The van der Waals surface area contributed by atoms with Gasteiger partial charge in [0, 0.05) is 44.0 Å². The fraction of sp³-hybridized carbons (Fsp3) is 0. The number of hydrogen-bond acceptors (Lipinski definition) is 3. The summed E-state index contributed by atoms with van der Waals surface area (Å²) in [5.41, 5.74) is 2.51. The Morgan fingerprint density at radius 2 is 1.59 bits per heavy atom. The van der Waals surface area contributed by atoms with E-state index >= 15 is 0 Å². The molecule has 4 rings (SSSR count). The fourth-order valence-corrected chi connectivity index (χ4v) is 3.85. The molecule has 2 aromatic carbocycles. The highest BCUT2D eigenvalue weighted by molar-refractivity contribution is 7.23. The molecule has 0 amide bonds. The van der Waals surface area contributed by atoms with Crippen molar-refractivity contribution in [1.29, 1.82) is 0 Å². The Morgan fingerprint density at radius 3 is 2.41 bits per heavy atom. The van der Waals surface area contributed by atoms with Crippen LogP contribution in [0.4, 0.5) is 4.39 Å². The van der Waals surface area contributed by atoms with Crippen LogP contribution in [0.5, 0.6) is 0 Å². The lowest BCUT2D eigenvalue weighted by Crippen LogP contribution is -1.86. The summed E-state index contributed by atoms with van der Waals surface area (Å²) in [5, 5.41) is 1.10. The van der Waals surface area contributed by atoms with Crippen LogP contribution in [0.25, 0.3) is 31.7 Å². The predicted octanol–water partition coefficient (Wildman–Crippen LogP) is 5.16. The first-order chi connectivity index (χ1) is 10.8. The first kappa shape index (κ1) is 13.1. The Kier molecular flexibility index (Phi) is 3.16. The second kappa shape index (κ2) is 5.31. The monoisotopic (exact) mass is 306 g/mol. The van der Waals surface area contributed by atoms with Crippen molar-refractivity contribution in [3.05, 3.63) is 73.1 Å². The zero-order valence-electron chi connectivity index (χ0n) is 11.5. The van der Waals surface area contributed by atoms with E-state index in [4.69, 9.17) is 0 Å². The Hall–Kier alpha value is -2.59.